The third-order valence-corrected chi connectivity index (χ3v) is 5.73. The molecule has 0 unspecified atom stereocenters. The summed E-state index contributed by atoms with van der Waals surface area (Å²) in [6.45, 7) is 5.79. The molecule has 7 heteroatoms. The summed E-state index contributed by atoms with van der Waals surface area (Å²) in [6, 6.07) is 15.3. The van der Waals surface area contributed by atoms with Crippen LogP contribution in [0.15, 0.2) is 48.5 Å². The highest BCUT2D eigenvalue weighted by molar-refractivity contribution is 5.88. The third-order valence-electron chi connectivity index (χ3n) is 5.73. The van der Waals surface area contributed by atoms with E-state index in [0.29, 0.717) is 19.4 Å². The molecule has 1 aliphatic rings. The molecule has 2 N–H and O–H groups in total. The van der Waals surface area contributed by atoms with Crippen LogP contribution in [0.3, 0.4) is 0 Å². The number of fused-ring (bicyclic) bond motifs is 3. The maximum Gasteiger partial charge on any atom is 0.407 e. The van der Waals surface area contributed by atoms with Gasteiger partial charge in [-0.05, 0) is 34.6 Å². The van der Waals surface area contributed by atoms with Gasteiger partial charge in [0.15, 0.2) is 0 Å². The van der Waals surface area contributed by atoms with E-state index in [1.165, 1.54) is 4.90 Å². The zero-order chi connectivity index (χ0) is 24.0. The molecule has 0 aromatic heterocycles. The highest BCUT2D eigenvalue weighted by Crippen LogP contribution is 2.44. The summed E-state index contributed by atoms with van der Waals surface area (Å²) >= 11 is 0. The quantitative estimate of drug-likeness (QED) is 0.561. The molecular weight excluding hydrogens is 420 g/mol. The first-order valence-corrected chi connectivity index (χ1v) is 11.4. The van der Waals surface area contributed by atoms with Crippen molar-refractivity contribution in [3.63, 3.8) is 0 Å². The Morgan fingerprint density at radius 1 is 1.03 bits per heavy atom. The van der Waals surface area contributed by atoms with Crippen LogP contribution in [0.1, 0.15) is 50.7 Å². The number of amides is 2. The summed E-state index contributed by atoms with van der Waals surface area (Å²) < 4.78 is 5.57. The Hall–Kier alpha value is -3.35. The number of aliphatic carboxylic acids is 1. The van der Waals surface area contributed by atoms with Crippen LogP contribution in [0.4, 0.5) is 4.79 Å². The van der Waals surface area contributed by atoms with Gasteiger partial charge in [0.25, 0.3) is 0 Å². The molecule has 0 bridgehead atoms. The van der Waals surface area contributed by atoms with E-state index in [1.54, 1.807) is 0 Å². The van der Waals surface area contributed by atoms with E-state index in [0.717, 1.165) is 22.3 Å². The average molecular weight is 453 g/mol. The van der Waals surface area contributed by atoms with Gasteiger partial charge in [-0.1, -0.05) is 75.7 Å². The van der Waals surface area contributed by atoms with Crippen LogP contribution in [0.25, 0.3) is 11.1 Å². The SMILES string of the molecule is CCC[C@H](NC(=O)OCC1c2ccccc2-c2ccccc21)C(=O)N(CC(=O)O)CC(C)C. The zero-order valence-electron chi connectivity index (χ0n) is 19.4. The normalized spacial score (nSPS) is 13.2. The van der Waals surface area contributed by atoms with Crippen molar-refractivity contribution in [1.82, 2.24) is 10.2 Å². The van der Waals surface area contributed by atoms with Gasteiger partial charge in [-0.15, -0.1) is 0 Å². The molecule has 2 amide bonds. The van der Waals surface area contributed by atoms with Crippen LogP contribution < -0.4 is 5.32 Å². The van der Waals surface area contributed by atoms with Crippen molar-refractivity contribution in [2.24, 2.45) is 5.92 Å². The predicted octanol–water partition coefficient (Wildman–Crippen LogP) is 4.26. The number of ether oxygens (including phenoxy) is 1. The summed E-state index contributed by atoms with van der Waals surface area (Å²) in [7, 11) is 0. The Kier molecular flexibility index (Phi) is 8.09. The second-order valence-corrected chi connectivity index (χ2v) is 8.82. The van der Waals surface area contributed by atoms with E-state index in [9.17, 15) is 19.5 Å². The number of nitrogens with zero attached hydrogens (tertiary/aromatic N) is 1. The van der Waals surface area contributed by atoms with Crippen LogP contribution in [0, 0.1) is 5.92 Å². The van der Waals surface area contributed by atoms with Crippen molar-refractivity contribution in [2.45, 2.75) is 45.6 Å². The van der Waals surface area contributed by atoms with Gasteiger partial charge in [-0.25, -0.2) is 4.79 Å². The van der Waals surface area contributed by atoms with Crippen molar-refractivity contribution in [1.29, 1.82) is 0 Å². The lowest BCUT2D eigenvalue weighted by atomic mass is 9.98. The molecule has 0 saturated heterocycles. The largest absolute Gasteiger partial charge is 0.480 e. The van der Waals surface area contributed by atoms with Gasteiger partial charge in [0, 0.05) is 12.5 Å². The monoisotopic (exact) mass is 452 g/mol. The lowest BCUT2D eigenvalue weighted by molar-refractivity contribution is -0.145. The Morgan fingerprint density at radius 3 is 2.12 bits per heavy atom. The molecule has 33 heavy (non-hydrogen) atoms. The molecule has 2 aromatic rings. The summed E-state index contributed by atoms with van der Waals surface area (Å²) in [4.78, 5) is 38.2. The van der Waals surface area contributed by atoms with Gasteiger partial charge in [-0.2, -0.15) is 0 Å². The second kappa shape index (κ2) is 11.0. The highest BCUT2D eigenvalue weighted by atomic mass is 16.5. The van der Waals surface area contributed by atoms with Crippen LogP contribution in [0.2, 0.25) is 0 Å². The van der Waals surface area contributed by atoms with Crippen LogP contribution >= 0.6 is 0 Å². The Balaban J connectivity index is 1.68. The van der Waals surface area contributed by atoms with E-state index in [4.69, 9.17) is 4.74 Å². The van der Waals surface area contributed by atoms with Gasteiger partial charge in [0.1, 0.15) is 19.2 Å². The minimum absolute atomic E-state index is 0.0760. The molecular formula is C26H32N2O5. The maximum absolute atomic E-state index is 13.0. The molecule has 1 aliphatic carbocycles. The molecule has 0 saturated carbocycles. The van der Waals surface area contributed by atoms with Crippen LogP contribution in [0.5, 0.6) is 0 Å². The minimum Gasteiger partial charge on any atom is -0.480 e. The highest BCUT2D eigenvalue weighted by Gasteiger charge is 2.31. The first-order chi connectivity index (χ1) is 15.8. The Labute approximate surface area is 194 Å². The number of nitrogens with one attached hydrogen (secondary N) is 1. The topological polar surface area (TPSA) is 95.9 Å². The molecule has 0 aliphatic heterocycles. The number of carboxylic acid groups (broad SMARTS) is 1. The van der Waals surface area contributed by atoms with E-state index in [2.05, 4.69) is 17.4 Å². The third kappa shape index (κ3) is 5.92. The lowest BCUT2D eigenvalue weighted by Crippen LogP contribution is -2.51. The van der Waals surface area contributed by atoms with Crippen molar-refractivity contribution < 1.29 is 24.2 Å². The van der Waals surface area contributed by atoms with Crippen LogP contribution in [-0.4, -0.2) is 53.7 Å². The van der Waals surface area contributed by atoms with Crippen molar-refractivity contribution in [3.05, 3.63) is 59.7 Å². The molecule has 1 atom stereocenters. The summed E-state index contributed by atoms with van der Waals surface area (Å²) in [6.07, 6.45) is 0.378. The van der Waals surface area contributed by atoms with E-state index in [-0.39, 0.29) is 18.4 Å². The maximum atomic E-state index is 13.0. The molecule has 0 fully saturated rings. The molecule has 176 valence electrons. The summed E-state index contributed by atoms with van der Waals surface area (Å²) in [5.41, 5.74) is 4.49. The van der Waals surface area contributed by atoms with Crippen LogP contribution in [-0.2, 0) is 14.3 Å². The average Bonchev–Trinajstić information content (AvgIpc) is 3.09. The number of carboxylic acids is 1. The van der Waals surface area contributed by atoms with Gasteiger partial charge < -0.3 is 20.1 Å². The number of hydrogen-bond acceptors (Lipinski definition) is 4. The molecule has 3 rings (SSSR count). The fourth-order valence-corrected chi connectivity index (χ4v) is 4.39. The first-order valence-electron chi connectivity index (χ1n) is 11.4. The first kappa shape index (κ1) is 24.3. The second-order valence-electron chi connectivity index (χ2n) is 8.82. The van der Waals surface area contributed by atoms with Crippen molar-refractivity contribution in [3.8, 4) is 11.1 Å². The number of carbonyl (C=O) groups excluding carboxylic acids is 2. The lowest BCUT2D eigenvalue weighted by Gasteiger charge is -2.28. The zero-order valence-corrected chi connectivity index (χ0v) is 19.4. The van der Waals surface area contributed by atoms with E-state index >= 15 is 0 Å². The summed E-state index contributed by atoms with van der Waals surface area (Å²) in [5, 5.41) is 11.9. The molecule has 0 heterocycles. The predicted molar refractivity (Wildman–Crippen MR) is 126 cm³/mol. The van der Waals surface area contributed by atoms with E-state index in [1.807, 2.05) is 57.2 Å². The standard InChI is InChI=1S/C26H32N2O5/c1-4-9-23(25(31)28(14-17(2)3)15-24(29)30)27-26(32)33-16-22-20-12-7-5-10-18(20)19-11-6-8-13-21(19)22/h5-8,10-13,17,22-23H,4,9,14-16H2,1-3H3,(H,27,32)(H,29,30)/t23-/m0/s1. The smallest absolute Gasteiger partial charge is 0.407 e. The van der Waals surface area contributed by atoms with Crippen molar-refractivity contribution >= 4 is 18.0 Å². The fourth-order valence-electron chi connectivity index (χ4n) is 4.39. The Morgan fingerprint density at radius 2 is 1.61 bits per heavy atom. The molecule has 7 nitrogen and oxygen atoms in total. The van der Waals surface area contributed by atoms with Gasteiger partial charge in [0.2, 0.25) is 5.91 Å². The fraction of sp³-hybridized carbons (Fsp3) is 0.423. The molecule has 0 spiro atoms. The molecule has 0 radical (unpaired) electrons. The number of hydrogen-bond donors (Lipinski definition) is 2. The number of benzene rings is 2. The van der Waals surface area contributed by atoms with Gasteiger partial charge in [-0.3, -0.25) is 9.59 Å². The number of alkyl carbamates (subject to hydrolysis) is 1. The molecule has 2 aromatic carbocycles. The minimum atomic E-state index is -1.08. The van der Waals surface area contributed by atoms with Gasteiger partial charge in [0.05, 0.1) is 0 Å². The number of rotatable bonds is 10. The van der Waals surface area contributed by atoms with E-state index < -0.39 is 30.6 Å². The van der Waals surface area contributed by atoms with Crippen molar-refractivity contribution in [2.75, 3.05) is 19.7 Å². The number of carbonyl (C=O) groups is 3. The summed E-state index contributed by atoms with van der Waals surface area (Å²) in [5.74, 6) is -1.46. The van der Waals surface area contributed by atoms with Gasteiger partial charge >= 0.3 is 12.1 Å². The Bertz CT molecular complexity index is 958.